The molecule has 2 heterocycles. The van der Waals surface area contributed by atoms with E-state index in [4.69, 9.17) is 0 Å². The normalized spacial score (nSPS) is 13.5. The zero-order chi connectivity index (χ0) is 21.4. The van der Waals surface area contributed by atoms with Crippen molar-refractivity contribution < 1.29 is 9.59 Å². The first-order valence-corrected chi connectivity index (χ1v) is 10.8. The topological polar surface area (TPSA) is 62.0 Å². The van der Waals surface area contributed by atoms with E-state index in [-0.39, 0.29) is 11.8 Å². The fourth-order valence-corrected chi connectivity index (χ4v) is 4.64. The van der Waals surface area contributed by atoms with Crippen molar-refractivity contribution in [2.45, 2.75) is 40.5 Å². The van der Waals surface area contributed by atoms with E-state index in [2.05, 4.69) is 28.5 Å². The molecule has 0 bridgehead atoms. The molecule has 2 N–H and O–H groups in total. The van der Waals surface area contributed by atoms with Crippen LogP contribution in [-0.4, -0.2) is 16.8 Å². The molecule has 0 saturated carbocycles. The minimum atomic E-state index is -0.290. The summed E-state index contributed by atoms with van der Waals surface area (Å²) in [5.41, 5.74) is 7.52. The first-order chi connectivity index (χ1) is 14.7. The van der Waals surface area contributed by atoms with Crippen molar-refractivity contribution in [1.29, 1.82) is 0 Å². The second kappa shape index (κ2) is 7.79. The van der Waals surface area contributed by atoms with Crippen LogP contribution in [0.15, 0.2) is 48.5 Å². The van der Waals surface area contributed by atoms with E-state index in [0.29, 0.717) is 11.1 Å². The molecule has 1 aromatic heterocycles. The number of fused-ring (bicyclic) bond motifs is 10. The molecular formula is C26H26N2O2. The summed E-state index contributed by atoms with van der Waals surface area (Å²) in [4.78, 5) is 28.8. The second-order valence-electron chi connectivity index (χ2n) is 6.96. The highest BCUT2D eigenvalue weighted by Crippen LogP contribution is 2.45. The van der Waals surface area contributed by atoms with Crippen molar-refractivity contribution >= 4 is 33.6 Å². The highest BCUT2D eigenvalue weighted by Gasteiger charge is 2.36. The lowest BCUT2D eigenvalue weighted by Gasteiger charge is -2.22. The molecule has 30 heavy (non-hydrogen) atoms. The number of benzene rings is 3. The van der Waals surface area contributed by atoms with E-state index < -0.39 is 0 Å². The average Bonchev–Trinajstić information content (AvgIpc) is 3.33. The van der Waals surface area contributed by atoms with Crippen LogP contribution >= 0.6 is 0 Å². The summed E-state index contributed by atoms with van der Waals surface area (Å²) in [6.45, 7) is 8.00. The summed E-state index contributed by atoms with van der Waals surface area (Å²) >= 11 is 0. The number of carbonyl (C=O) groups is 2. The van der Waals surface area contributed by atoms with E-state index in [1.165, 1.54) is 5.56 Å². The Morgan fingerprint density at radius 1 is 0.733 bits per heavy atom. The van der Waals surface area contributed by atoms with Crippen LogP contribution in [0.2, 0.25) is 0 Å². The molecule has 152 valence electrons. The van der Waals surface area contributed by atoms with Crippen LogP contribution in [0, 0.1) is 0 Å². The van der Waals surface area contributed by atoms with Crippen LogP contribution < -0.4 is 5.32 Å². The minimum absolute atomic E-state index is 0.271. The van der Waals surface area contributed by atoms with Gasteiger partial charge in [0.15, 0.2) is 0 Å². The van der Waals surface area contributed by atoms with E-state index in [0.717, 1.165) is 51.3 Å². The summed E-state index contributed by atoms with van der Waals surface area (Å²) in [6.07, 6.45) is 1.64. The standard InChI is InChI=1S/C22H14N2O2.2C2H6/c25-21-18-14-10-9-11-5-1-2-6-12(11)16(14)20-17(19(18)22(26)24-21)13-7-3-4-8-15(13)23-20;2*1-2/h1-8,23H,9-10H2,(H,24,25,26);2*1-2H3. The lowest BCUT2D eigenvalue weighted by Crippen LogP contribution is -2.20. The molecule has 4 heteroatoms. The number of amides is 2. The summed E-state index contributed by atoms with van der Waals surface area (Å²) < 4.78 is 0. The maximum absolute atomic E-state index is 12.6. The number of hydrogen-bond donors (Lipinski definition) is 2. The predicted octanol–water partition coefficient (Wildman–Crippen LogP) is 6.02. The highest BCUT2D eigenvalue weighted by atomic mass is 16.2. The van der Waals surface area contributed by atoms with Crippen molar-refractivity contribution in [2.75, 3.05) is 0 Å². The Bertz CT molecular complexity index is 1300. The van der Waals surface area contributed by atoms with Gasteiger partial charge in [0, 0.05) is 21.9 Å². The zero-order valence-corrected chi connectivity index (χ0v) is 17.8. The lowest BCUT2D eigenvalue weighted by molar-refractivity contribution is 0.0880. The summed E-state index contributed by atoms with van der Waals surface area (Å²) in [7, 11) is 0. The summed E-state index contributed by atoms with van der Waals surface area (Å²) in [6, 6.07) is 16.3. The van der Waals surface area contributed by atoms with Gasteiger partial charge in [0.2, 0.25) is 0 Å². The largest absolute Gasteiger partial charge is 0.354 e. The number of aromatic nitrogens is 1. The molecule has 0 spiro atoms. The van der Waals surface area contributed by atoms with Crippen LogP contribution in [0.4, 0.5) is 0 Å². The molecule has 6 rings (SSSR count). The monoisotopic (exact) mass is 398 g/mol. The number of carbonyl (C=O) groups excluding carboxylic acids is 2. The van der Waals surface area contributed by atoms with Crippen molar-refractivity contribution in [3.05, 3.63) is 70.8 Å². The van der Waals surface area contributed by atoms with Crippen LogP contribution in [0.3, 0.4) is 0 Å². The van der Waals surface area contributed by atoms with E-state index in [1.807, 2.05) is 58.0 Å². The van der Waals surface area contributed by atoms with Crippen molar-refractivity contribution in [3.8, 4) is 11.1 Å². The van der Waals surface area contributed by atoms with Crippen molar-refractivity contribution in [2.24, 2.45) is 0 Å². The Balaban J connectivity index is 0.000000516. The van der Waals surface area contributed by atoms with E-state index in [9.17, 15) is 9.59 Å². The van der Waals surface area contributed by atoms with Gasteiger partial charge in [-0.05, 0) is 35.6 Å². The van der Waals surface area contributed by atoms with Gasteiger partial charge in [-0.3, -0.25) is 14.9 Å². The molecule has 0 radical (unpaired) electrons. The van der Waals surface area contributed by atoms with Crippen LogP contribution in [0.5, 0.6) is 0 Å². The third-order valence-electron chi connectivity index (χ3n) is 5.67. The summed E-state index contributed by atoms with van der Waals surface area (Å²) in [5.74, 6) is -0.561. The maximum Gasteiger partial charge on any atom is 0.259 e. The van der Waals surface area contributed by atoms with Crippen molar-refractivity contribution in [3.63, 3.8) is 0 Å². The Hall–Kier alpha value is -3.40. The molecule has 0 fully saturated rings. The minimum Gasteiger partial charge on any atom is -0.354 e. The predicted molar refractivity (Wildman–Crippen MR) is 123 cm³/mol. The molecule has 3 aromatic carbocycles. The van der Waals surface area contributed by atoms with Crippen molar-refractivity contribution in [1.82, 2.24) is 10.3 Å². The third-order valence-corrected chi connectivity index (χ3v) is 5.67. The number of nitrogens with one attached hydrogen (secondary N) is 2. The molecule has 0 atom stereocenters. The van der Waals surface area contributed by atoms with E-state index in [1.54, 1.807) is 0 Å². The highest BCUT2D eigenvalue weighted by molar-refractivity contribution is 6.32. The Kier molecular flexibility index (Phi) is 5.17. The molecule has 0 unspecified atom stereocenters. The van der Waals surface area contributed by atoms with Crippen LogP contribution in [0.25, 0.3) is 32.9 Å². The van der Waals surface area contributed by atoms with Gasteiger partial charge in [0.05, 0.1) is 16.6 Å². The lowest BCUT2D eigenvalue weighted by atomic mass is 9.80. The maximum atomic E-state index is 12.6. The first-order valence-electron chi connectivity index (χ1n) is 10.8. The number of aromatic amines is 1. The van der Waals surface area contributed by atoms with Gasteiger partial charge in [-0.25, -0.2) is 0 Å². The van der Waals surface area contributed by atoms with Crippen LogP contribution in [-0.2, 0) is 12.8 Å². The SMILES string of the molecule is CC.CC.O=C1NC(=O)c2c1c1c(c3[nH]c4ccccc4c23)-c2ccccc2CC1. The Morgan fingerprint density at radius 3 is 2.20 bits per heavy atom. The van der Waals surface area contributed by atoms with Gasteiger partial charge in [0.1, 0.15) is 0 Å². The van der Waals surface area contributed by atoms with Gasteiger partial charge in [-0.2, -0.15) is 0 Å². The first kappa shape index (κ1) is 19.9. The second-order valence-corrected chi connectivity index (χ2v) is 6.96. The molecule has 2 aliphatic rings. The molecule has 0 saturated heterocycles. The molecule has 1 aliphatic carbocycles. The molecule has 4 nitrogen and oxygen atoms in total. The van der Waals surface area contributed by atoms with E-state index >= 15 is 0 Å². The van der Waals surface area contributed by atoms with Gasteiger partial charge in [-0.1, -0.05) is 70.2 Å². The number of H-pyrrole nitrogens is 1. The third kappa shape index (κ3) is 2.67. The molecule has 4 aromatic rings. The number of aryl methyl sites for hydroxylation is 1. The fraction of sp³-hybridized carbons (Fsp3) is 0.231. The van der Waals surface area contributed by atoms with Gasteiger partial charge in [0.25, 0.3) is 11.8 Å². The number of rotatable bonds is 0. The fourth-order valence-electron chi connectivity index (χ4n) is 4.64. The Labute approximate surface area is 176 Å². The molecule has 1 aliphatic heterocycles. The van der Waals surface area contributed by atoms with Gasteiger partial charge in [-0.15, -0.1) is 0 Å². The summed E-state index contributed by atoms with van der Waals surface area (Å²) in [5, 5.41) is 4.35. The molecular weight excluding hydrogens is 372 g/mol. The van der Waals surface area contributed by atoms with Gasteiger partial charge >= 0.3 is 0 Å². The van der Waals surface area contributed by atoms with Crippen LogP contribution in [0.1, 0.15) is 59.5 Å². The Morgan fingerprint density at radius 2 is 1.40 bits per heavy atom. The average molecular weight is 399 g/mol. The zero-order valence-electron chi connectivity index (χ0n) is 17.8. The quantitative estimate of drug-likeness (QED) is 0.356. The smallest absolute Gasteiger partial charge is 0.259 e. The van der Waals surface area contributed by atoms with Gasteiger partial charge < -0.3 is 4.98 Å². The molecule has 2 amide bonds. The number of imide groups is 1. The number of hydrogen-bond acceptors (Lipinski definition) is 2. The number of para-hydroxylation sites is 1.